The Balaban J connectivity index is 2.76. The molecule has 0 radical (unpaired) electrons. The first-order chi connectivity index (χ1) is 6.61. The van der Waals surface area contributed by atoms with E-state index in [-0.39, 0.29) is 13.2 Å². The Kier molecular flexibility index (Phi) is 3.92. The maximum absolute atomic E-state index is 12.9. The molecule has 1 rings (SSSR count). The molecule has 0 heterocycles. The van der Waals surface area contributed by atoms with Gasteiger partial charge in [0.05, 0.1) is 6.61 Å². The van der Waals surface area contributed by atoms with E-state index in [1.54, 1.807) is 6.07 Å². The van der Waals surface area contributed by atoms with Gasteiger partial charge in [0, 0.05) is 11.1 Å². The smallest absolute Gasteiger partial charge is 0.127 e. The third-order valence-corrected chi connectivity index (χ3v) is 1.62. The standard InChI is InChI=1S/C10H10ClFO2/c1-7(11)6-14-10-3-8(5-13)2-9(12)4-10/h2-4,13H,1,5-6H2. The van der Waals surface area contributed by atoms with Gasteiger partial charge in [-0.2, -0.15) is 0 Å². The van der Waals surface area contributed by atoms with Crippen LogP contribution in [-0.2, 0) is 6.61 Å². The molecule has 0 aliphatic rings. The lowest BCUT2D eigenvalue weighted by atomic mass is 10.2. The molecule has 1 aromatic carbocycles. The third-order valence-electron chi connectivity index (χ3n) is 1.51. The quantitative estimate of drug-likeness (QED) is 0.838. The second-order valence-corrected chi connectivity index (χ2v) is 3.29. The number of benzene rings is 1. The molecule has 1 N–H and O–H groups in total. The maximum atomic E-state index is 12.9. The summed E-state index contributed by atoms with van der Waals surface area (Å²) in [5.74, 6) is -0.123. The summed E-state index contributed by atoms with van der Waals surface area (Å²) in [6.07, 6.45) is 0. The molecule has 0 aromatic heterocycles. The lowest BCUT2D eigenvalue weighted by Gasteiger charge is -2.06. The summed E-state index contributed by atoms with van der Waals surface area (Å²) in [6, 6.07) is 4.00. The molecule has 0 amide bonds. The SMILES string of the molecule is C=C(Cl)COc1cc(F)cc(CO)c1. The molecule has 0 spiro atoms. The molecule has 0 atom stereocenters. The predicted molar refractivity (Wildman–Crippen MR) is 52.8 cm³/mol. The van der Waals surface area contributed by atoms with Crippen molar-refractivity contribution in [1.29, 1.82) is 0 Å². The molecular formula is C10H10ClFO2. The highest BCUT2D eigenvalue weighted by Crippen LogP contribution is 2.17. The molecular weight excluding hydrogens is 207 g/mol. The molecule has 0 fully saturated rings. The summed E-state index contributed by atoms with van der Waals surface area (Å²) in [5, 5.41) is 9.13. The molecule has 0 aliphatic carbocycles. The second kappa shape index (κ2) is 4.98. The van der Waals surface area contributed by atoms with E-state index in [1.165, 1.54) is 12.1 Å². The van der Waals surface area contributed by atoms with Gasteiger partial charge in [0.2, 0.25) is 0 Å². The summed E-state index contributed by atoms with van der Waals surface area (Å²) in [7, 11) is 0. The zero-order chi connectivity index (χ0) is 10.6. The van der Waals surface area contributed by atoms with E-state index >= 15 is 0 Å². The molecule has 4 heteroatoms. The summed E-state index contributed by atoms with van der Waals surface area (Å²) >= 11 is 5.48. The number of ether oxygens (including phenoxy) is 1. The van der Waals surface area contributed by atoms with Crippen LogP contribution < -0.4 is 4.74 Å². The van der Waals surface area contributed by atoms with Crippen LogP contribution in [0.5, 0.6) is 5.75 Å². The highest BCUT2D eigenvalue weighted by molar-refractivity contribution is 6.29. The third kappa shape index (κ3) is 3.36. The van der Waals surface area contributed by atoms with Gasteiger partial charge in [0.15, 0.2) is 0 Å². The molecule has 0 bridgehead atoms. The highest BCUT2D eigenvalue weighted by atomic mass is 35.5. The minimum absolute atomic E-state index is 0.121. The van der Waals surface area contributed by atoms with E-state index in [0.717, 1.165) is 0 Å². The number of aliphatic hydroxyl groups excluding tert-OH is 1. The minimum Gasteiger partial charge on any atom is -0.488 e. The lowest BCUT2D eigenvalue weighted by Crippen LogP contribution is -1.97. The van der Waals surface area contributed by atoms with Crippen molar-refractivity contribution >= 4 is 11.6 Å². The van der Waals surface area contributed by atoms with Crippen molar-refractivity contribution in [3.8, 4) is 5.75 Å². The van der Waals surface area contributed by atoms with Crippen LogP contribution >= 0.6 is 11.6 Å². The summed E-state index contributed by atoms with van der Waals surface area (Å²) in [6.45, 7) is 3.33. The van der Waals surface area contributed by atoms with Crippen LogP contribution in [0.3, 0.4) is 0 Å². The van der Waals surface area contributed by atoms with Crippen molar-refractivity contribution in [2.45, 2.75) is 6.61 Å². The molecule has 1 aromatic rings. The highest BCUT2D eigenvalue weighted by Gasteiger charge is 2.01. The molecule has 14 heavy (non-hydrogen) atoms. The fourth-order valence-corrected chi connectivity index (χ4v) is 1.01. The predicted octanol–water partition coefficient (Wildman–Crippen LogP) is 2.45. The molecule has 0 aliphatic heterocycles. The minimum atomic E-state index is -0.452. The van der Waals surface area contributed by atoms with Gasteiger partial charge < -0.3 is 9.84 Å². The van der Waals surface area contributed by atoms with E-state index in [2.05, 4.69) is 6.58 Å². The van der Waals surface area contributed by atoms with Gasteiger partial charge in [-0.05, 0) is 17.7 Å². The van der Waals surface area contributed by atoms with Crippen molar-refractivity contribution in [2.75, 3.05) is 6.61 Å². The van der Waals surface area contributed by atoms with Crippen molar-refractivity contribution in [2.24, 2.45) is 0 Å². The Morgan fingerprint density at radius 2 is 2.21 bits per heavy atom. The normalized spacial score (nSPS) is 9.93. The largest absolute Gasteiger partial charge is 0.488 e. The first-order valence-electron chi connectivity index (χ1n) is 3.98. The number of hydrogen-bond acceptors (Lipinski definition) is 2. The zero-order valence-electron chi connectivity index (χ0n) is 7.46. The van der Waals surface area contributed by atoms with E-state index in [0.29, 0.717) is 16.3 Å². The van der Waals surface area contributed by atoms with E-state index in [9.17, 15) is 4.39 Å². The van der Waals surface area contributed by atoms with Crippen LogP contribution in [-0.4, -0.2) is 11.7 Å². The molecule has 76 valence electrons. The van der Waals surface area contributed by atoms with Gasteiger partial charge in [-0.15, -0.1) is 0 Å². The van der Waals surface area contributed by atoms with Crippen LogP contribution in [0.25, 0.3) is 0 Å². The van der Waals surface area contributed by atoms with E-state index < -0.39 is 5.82 Å². The number of halogens is 2. The molecule has 2 nitrogen and oxygen atoms in total. The topological polar surface area (TPSA) is 29.5 Å². The second-order valence-electron chi connectivity index (χ2n) is 2.76. The van der Waals surface area contributed by atoms with Gasteiger partial charge in [0.1, 0.15) is 18.2 Å². The number of hydrogen-bond donors (Lipinski definition) is 1. The Morgan fingerprint density at radius 1 is 1.50 bits per heavy atom. The maximum Gasteiger partial charge on any atom is 0.127 e. The molecule has 0 saturated carbocycles. The van der Waals surface area contributed by atoms with Crippen LogP contribution in [0.2, 0.25) is 0 Å². The Labute approximate surface area is 86.6 Å². The van der Waals surface area contributed by atoms with Gasteiger partial charge in [0.25, 0.3) is 0 Å². The average molecular weight is 217 g/mol. The van der Waals surface area contributed by atoms with Crippen molar-refractivity contribution in [3.05, 3.63) is 41.2 Å². The van der Waals surface area contributed by atoms with Crippen LogP contribution in [0.4, 0.5) is 4.39 Å². The lowest BCUT2D eigenvalue weighted by molar-refractivity contribution is 0.279. The zero-order valence-corrected chi connectivity index (χ0v) is 8.22. The van der Waals surface area contributed by atoms with Gasteiger partial charge >= 0.3 is 0 Å². The molecule has 0 unspecified atom stereocenters. The number of aliphatic hydroxyl groups is 1. The fraction of sp³-hybridized carbons (Fsp3) is 0.200. The van der Waals surface area contributed by atoms with Gasteiger partial charge in [-0.3, -0.25) is 0 Å². The fourth-order valence-electron chi connectivity index (χ4n) is 0.957. The first kappa shape index (κ1) is 11.0. The average Bonchev–Trinajstić information content (AvgIpc) is 2.14. The van der Waals surface area contributed by atoms with Crippen molar-refractivity contribution < 1.29 is 14.2 Å². The molecule has 0 saturated heterocycles. The van der Waals surface area contributed by atoms with Crippen LogP contribution in [0.1, 0.15) is 5.56 Å². The monoisotopic (exact) mass is 216 g/mol. The summed E-state index contributed by atoms with van der Waals surface area (Å²) < 4.78 is 18.0. The number of rotatable bonds is 4. The Hall–Kier alpha value is -1.06. The van der Waals surface area contributed by atoms with Crippen molar-refractivity contribution in [3.63, 3.8) is 0 Å². The Bertz CT molecular complexity index is 339. The summed E-state index contributed by atoms with van der Waals surface area (Å²) in [4.78, 5) is 0. The van der Waals surface area contributed by atoms with E-state index in [1.807, 2.05) is 0 Å². The van der Waals surface area contributed by atoms with Crippen LogP contribution in [0.15, 0.2) is 29.8 Å². The Morgan fingerprint density at radius 3 is 2.79 bits per heavy atom. The van der Waals surface area contributed by atoms with Crippen LogP contribution in [0, 0.1) is 5.82 Å². The summed E-state index contributed by atoms with van der Waals surface area (Å²) in [5.41, 5.74) is 0.459. The first-order valence-corrected chi connectivity index (χ1v) is 4.36. The van der Waals surface area contributed by atoms with Gasteiger partial charge in [-0.1, -0.05) is 18.2 Å². The van der Waals surface area contributed by atoms with Crippen molar-refractivity contribution in [1.82, 2.24) is 0 Å². The van der Waals surface area contributed by atoms with E-state index in [4.69, 9.17) is 21.4 Å². The van der Waals surface area contributed by atoms with Gasteiger partial charge in [-0.25, -0.2) is 4.39 Å².